The van der Waals surface area contributed by atoms with Crippen molar-refractivity contribution in [3.05, 3.63) is 47.6 Å². The van der Waals surface area contributed by atoms with E-state index in [0.717, 1.165) is 6.42 Å². The van der Waals surface area contributed by atoms with Gasteiger partial charge in [0.05, 0.1) is 6.10 Å². The van der Waals surface area contributed by atoms with Gasteiger partial charge in [-0.2, -0.15) is 0 Å². The van der Waals surface area contributed by atoms with Gasteiger partial charge in [0.2, 0.25) is 0 Å². The second-order valence-electron chi connectivity index (χ2n) is 7.76. The van der Waals surface area contributed by atoms with Crippen LogP contribution in [-0.2, 0) is 0 Å². The molecule has 4 aliphatic rings. The summed E-state index contributed by atoms with van der Waals surface area (Å²) in [5.41, 5.74) is 9.58. The van der Waals surface area contributed by atoms with Gasteiger partial charge in [0, 0.05) is 17.4 Å². The molecule has 2 nitrogen and oxygen atoms in total. The first kappa shape index (κ1) is 13.5. The maximum absolute atomic E-state index is 9.91. The molecule has 2 unspecified atom stereocenters. The minimum absolute atomic E-state index is 0.0885. The Morgan fingerprint density at radius 3 is 2.81 bits per heavy atom. The van der Waals surface area contributed by atoms with Crippen LogP contribution >= 0.6 is 0 Å². The fourth-order valence-electron chi connectivity index (χ4n) is 5.11. The molecule has 3 N–H and O–H groups in total. The normalized spacial score (nSPS) is 50.9. The number of rotatable bonds is 0. The Balaban J connectivity index is 1.79. The van der Waals surface area contributed by atoms with Crippen molar-refractivity contribution in [3.8, 4) is 0 Å². The minimum Gasteiger partial charge on any atom is -0.389 e. The first-order chi connectivity index (χ1) is 9.95. The van der Waals surface area contributed by atoms with Gasteiger partial charge >= 0.3 is 0 Å². The Labute approximate surface area is 127 Å². The molecular formula is C19H25NO. The van der Waals surface area contributed by atoms with E-state index in [2.05, 4.69) is 44.2 Å². The lowest BCUT2D eigenvalue weighted by Gasteiger charge is -2.52. The molecular weight excluding hydrogens is 258 g/mol. The molecule has 0 spiro atoms. The summed E-state index contributed by atoms with van der Waals surface area (Å²) >= 11 is 0. The largest absolute Gasteiger partial charge is 0.389 e. The molecule has 0 aliphatic heterocycles. The van der Waals surface area contributed by atoms with Crippen molar-refractivity contribution in [2.24, 2.45) is 28.4 Å². The third kappa shape index (κ3) is 1.66. The highest BCUT2D eigenvalue weighted by Gasteiger charge is 2.53. The van der Waals surface area contributed by atoms with Gasteiger partial charge in [0.15, 0.2) is 0 Å². The third-order valence-corrected chi connectivity index (χ3v) is 6.70. The predicted octanol–water partition coefficient (Wildman–Crippen LogP) is 3.11. The van der Waals surface area contributed by atoms with E-state index >= 15 is 0 Å². The van der Waals surface area contributed by atoms with Crippen LogP contribution < -0.4 is 5.73 Å². The van der Waals surface area contributed by atoms with Crippen LogP contribution in [0.4, 0.5) is 0 Å². The predicted molar refractivity (Wildman–Crippen MR) is 85.5 cm³/mol. The summed E-state index contributed by atoms with van der Waals surface area (Å²) in [6.07, 6.45) is 16.2. The van der Waals surface area contributed by atoms with Gasteiger partial charge in [0.25, 0.3) is 0 Å². The fourth-order valence-corrected chi connectivity index (χ4v) is 5.11. The SMILES string of the molecule is C[C@]12C=CC(O)CC1=CC=C1[C@H]2CC[C@]2(C)C(N)C=C[C@@H]12. The zero-order valence-electron chi connectivity index (χ0n) is 12.9. The van der Waals surface area contributed by atoms with Crippen molar-refractivity contribution in [2.75, 3.05) is 0 Å². The zero-order chi connectivity index (χ0) is 14.8. The molecule has 0 bridgehead atoms. The van der Waals surface area contributed by atoms with E-state index in [4.69, 9.17) is 5.73 Å². The molecule has 2 heteroatoms. The van der Waals surface area contributed by atoms with E-state index in [-0.39, 0.29) is 23.0 Å². The lowest BCUT2D eigenvalue weighted by atomic mass is 9.52. The Morgan fingerprint density at radius 2 is 2.00 bits per heavy atom. The van der Waals surface area contributed by atoms with Gasteiger partial charge in [-0.1, -0.05) is 61.4 Å². The molecule has 0 radical (unpaired) electrons. The average Bonchev–Trinajstić information content (AvgIpc) is 2.76. The number of fused-ring (bicyclic) bond motifs is 5. The molecule has 112 valence electrons. The summed E-state index contributed by atoms with van der Waals surface area (Å²) in [7, 11) is 0. The molecule has 0 heterocycles. The maximum atomic E-state index is 9.91. The summed E-state index contributed by atoms with van der Waals surface area (Å²) in [6, 6.07) is 0.186. The van der Waals surface area contributed by atoms with Crippen LogP contribution in [0.3, 0.4) is 0 Å². The second kappa shape index (κ2) is 4.21. The van der Waals surface area contributed by atoms with Crippen LogP contribution in [0, 0.1) is 22.7 Å². The van der Waals surface area contributed by atoms with Crippen molar-refractivity contribution in [1.29, 1.82) is 0 Å². The summed E-state index contributed by atoms with van der Waals surface area (Å²) < 4.78 is 0. The number of aliphatic hydroxyl groups excluding tert-OH is 1. The molecule has 6 atom stereocenters. The molecule has 4 rings (SSSR count). The second-order valence-corrected chi connectivity index (χ2v) is 7.76. The molecule has 0 amide bonds. The van der Waals surface area contributed by atoms with Crippen LogP contribution in [0.15, 0.2) is 47.6 Å². The summed E-state index contributed by atoms with van der Waals surface area (Å²) in [6.45, 7) is 4.70. The molecule has 4 aliphatic carbocycles. The quantitative estimate of drug-likeness (QED) is 0.671. The van der Waals surface area contributed by atoms with Crippen LogP contribution in [0.1, 0.15) is 33.1 Å². The smallest absolute Gasteiger partial charge is 0.0758 e. The van der Waals surface area contributed by atoms with Gasteiger partial charge in [-0.05, 0) is 30.6 Å². The van der Waals surface area contributed by atoms with Crippen LogP contribution in [0.2, 0.25) is 0 Å². The Morgan fingerprint density at radius 1 is 1.19 bits per heavy atom. The molecule has 1 fully saturated rings. The number of allylic oxidation sites excluding steroid dienone is 5. The molecule has 1 saturated carbocycles. The lowest BCUT2D eigenvalue weighted by molar-refractivity contribution is 0.121. The van der Waals surface area contributed by atoms with E-state index in [0.29, 0.717) is 11.8 Å². The van der Waals surface area contributed by atoms with E-state index in [1.807, 2.05) is 6.08 Å². The number of nitrogens with two attached hydrogens (primary N) is 1. The third-order valence-electron chi connectivity index (χ3n) is 6.70. The zero-order valence-corrected chi connectivity index (χ0v) is 12.9. The number of aliphatic hydroxyl groups is 1. The van der Waals surface area contributed by atoms with Crippen LogP contribution in [0.25, 0.3) is 0 Å². The van der Waals surface area contributed by atoms with Crippen molar-refractivity contribution < 1.29 is 5.11 Å². The summed E-state index contributed by atoms with van der Waals surface area (Å²) in [5.74, 6) is 1.05. The maximum Gasteiger partial charge on any atom is 0.0758 e. The molecule has 0 aromatic carbocycles. The van der Waals surface area contributed by atoms with Gasteiger partial charge in [0.1, 0.15) is 0 Å². The minimum atomic E-state index is -0.312. The van der Waals surface area contributed by atoms with Gasteiger partial charge < -0.3 is 10.8 Å². The molecule has 21 heavy (non-hydrogen) atoms. The average molecular weight is 283 g/mol. The summed E-state index contributed by atoms with van der Waals surface area (Å²) in [5, 5.41) is 9.91. The fraction of sp³-hybridized carbons (Fsp3) is 0.579. The van der Waals surface area contributed by atoms with Gasteiger partial charge in [-0.3, -0.25) is 0 Å². The van der Waals surface area contributed by atoms with Crippen LogP contribution in [-0.4, -0.2) is 17.3 Å². The van der Waals surface area contributed by atoms with Crippen molar-refractivity contribution in [3.63, 3.8) is 0 Å². The highest BCUT2D eigenvalue weighted by atomic mass is 16.3. The van der Waals surface area contributed by atoms with Crippen molar-refractivity contribution >= 4 is 0 Å². The Kier molecular flexibility index (Phi) is 2.71. The van der Waals surface area contributed by atoms with Gasteiger partial charge in [-0.15, -0.1) is 0 Å². The summed E-state index contributed by atoms with van der Waals surface area (Å²) in [4.78, 5) is 0. The van der Waals surface area contributed by atoms with E-state index in [9.17, 15) is 5.11 Å². The van der Waals surface area contributed by atoms with Crippen molar-refractivity contribution in [2.45, 2.75) is 45.3 Å². The number of hydrogen-bond donors (Lipinski definition) is 2. The topological polar surface area (TPSA) is 46.2 Å². The lowest BCUT2D eigenvalue weighted by Crippen LogP contribution is -2.48. The highest BCUT2D eigenvalue weighted by Crippen LogP contribution is 2.60. The van der Waals surface area contributed by atoms with E-state index in [1.54, 1.807) is 5.57 Å². The molecule has 0 aromatic rings. The Bertz CT molecular complexity index is 599. The highest BCUT2D eigenvalue weighted by molar-refractivity contribution is 5.45. The number of hydrogen-bond acceptors (Lipinski definition) is 2. The van der Waals surface area contributed by atoms with E-state index in [1.165, 1.54) is 18.4 Å². The van der Waals surface area contributed by atoms with Crippen LogP contribution in [0.5, 0.6) is 0 Å². The van der Waals surface area contributed by atoms with Crippen molar-refractivity contribution in [1.82, 2.24) is 0 Å². The first-order valence-corrected chi connectivity index (χ1v) is 8.17. The molecule has 0 saturated heterocycles. The standard InChI is InChI=1S/C19H25NO/c1-18-9-7-13(21)11-12(18)3-4-14-15-5-6-17(20)19(15,2)10-8-16(14)18/h3-7,9,13,15-17,21H,8,10-11,20H2,1-2H3/t13?,15-,16+,17?,18-,19-/m0/s1. The van der Waals surface area contributed by atoms with E-state index < -0.39 is 0 Å². The monoisotopic (exact) mass is 283 g/mol. The molecule has 0 aromatic heterocycles. The first-order valence-electron chi connectivity index (χ1n) is 8.17. The Hall–Kier alpha value is -1.12. The van der Waals surface area contributed by atoms with Gasteiger partial charge in [-0.25, -0.2) is 0 Å².